The Balaban J connectivity index is 1.04. The predicted octanol–water partition coefficient (Wildman–Crippen LogP) is 2.60. The fourth-order valence-corrected chi connectivity index (χ4v) is 11.8. The number of ketones is 1. The Morgan fingerprint density at radius 3 is 2.33 bits per heavy atom. The van der Waals surface area contributed by atoms with Crippen LogP contribution < -0.4 is 9.47 Å². The number of hydrogen-bond acceptors (Lipinski definition) is 13. The van der Waals surface area contributed by atoms with E-state index in [0.29, 0.717) is 24.2 Å². The van der Waals surface area contributed by atoms with Crippen LogP contribution >= 0.6 is 0 Å². The maximum Gasteiger partial charge on any atom is 0.186 e. The zero-order valence-electron chi connectivity index (χ0n) is 32.1. The normalized spacial score (nSPS) is 46.1. The lowest BCUT2D eigenvalue weighted by molar-refractivity contribution is -0.348. The van der Waals surface area contributed by atoms with E-state index in [1.165, 1.54) is 5.57 Å². The second kappa shape index (κ2) is 15.6. The summed E-state index contributed by atoms with van der Waals surface area (Å²) in [5, 5.41) is 62.3. The maximum atomic E-state index is 13.5. The van der Waals surface area contributed by atoms with Crippen LogP contribution in [0.2, 0.25) is 0 Å². The molecule has 0 spiro atoms. The molecule has 2 saturated heterocycles. The van der Waals surface area contributed by atoms with Crippen molar-refractivity contribution in [3.63, 3.8) is 0 Å². The highest BCUT2D eigenvalue weighted by Gasteiger charge is 2.63. The lowest BCUT2D eigenvalue weighted by Gasteiger charge is -2.58. The Morgan fingerprint density at radius 1 is 0.889 bits per heavy atom. The van der Waals surface area contributed by atoms with Gasteiger partial charge in [-0.3, -0.25) is 4.79 Å². The number of ether oxygens (including phenoxy) is 6. The van der Waals surface area contributed by atoms with E-state index in [2.05, 4.69) is 26.0 Å². The van der Waals surface area contributed by atoms with Crippen LogP contribution in [0.15, 0.2) is 29.8 Å². The van der Waals surface area contributed by atoms with Crippen molar-refractivity contribution in [1.82, 2.24) is 0 Å². The number of methoxy groups -OCH3 is 2. The predicted molar refractivity (Wildman–Crippen MR) is 193 cm³/mol. The van der Waals surface area contributed by atoms with Gasteiger partial charge in [-0.25, -0.2) is 0 Å². The van der Waals surface area contributed by atoms with Gasteiger partial charge in [0.05, 0.1) is 39.6 Å². The van der Waals surface area contributed by atoms with E-state index in [9.17, 15) is 35.4 Å². The lowest BCUT2D eigenvalue weighted by atomic mass is 9.47. The Morgan fingerprint density at radius 2 is 1.65 bits per heavy atom. The van der Waals surface area contributed by atoms with Gasteiger partial charge in [-0.15, -0.1) is 0 Å². The molecule has 4 aliphatic carbocycles. The van der Waals surface area contributed by atoms with E-state index in [1.807, 2.05) is 12.1 Å². The number of fused-ring (bicyclic) bond motifs is 5. The Bertz CT molecular complexity index is 1530. The van der Waals surface area contributed by atoms with Gasteiger partial charge in [-0.1, -0.05) is 25.5 Å². The Kier molecular flexibility index (Phi) is 11.6. The van der Waals surface area contributed by atoms with Gasteiger partial charge >= 0.3 is 0 Å². The minimum atomic E-state index is -1.51. The van der Waals surface area contributed by atoms with E-state index in [-0.39, 0.29) is 41.0 Å². The first kappa shape index (κ1) is 40.0. The van der Waals surface area contributed by atoms with Gasteiger partial charge in [-0.05, 0) is 105 Å². The molecule has 13 heteroatoms. The molecule has 0 bridgehead atoms. The topological polar surface area (TPSA) is 194 Å². The molecule has 0 amide bonds. The second-order valence-corrected chi connectivity index (χ2v) is 17.2. The van der Waals surface area contributed by atoms with Gasteiger partial charge in [0.1, 0.15) is 53.9 Å². The molecule has 302 valence electrons. The molecule has 1 aromatic rings. The van der Waals surface area contributed by atoms with E-state index >= 15 is 0 Å². The maximum absolute atomic E-state index is 13.5. The molecule has 3 saturated carbocycles. The van der Waals surface area contributed by atoms with Gasteiger partial charge in [0, 0.05) is 17.9 Å². The van der Waals surface area contributed by atoms with E-state index in [4.69, 9.17) is 28.4 Å². The number of aliphatic hydroxyl groups excluding tert-OH is 6. The molecule has 9 unspecified atom stereocenters. The van der Waals surface area contributed by atoms with Crippen molar-refractivity contribution in [2.45, 2.75) is 139 Å². The number of rotatable bonds is 10. The standard InChI is InChI=1S/C41H60O13/c1-20(44)34-26(25-15-22(49-4)7-9-30(25)50-5)16-28-24-8-6-21-14-23(10-12-40(21,2)27(24)11-13-41(28,34)3)51-39-37(48)36(47)38(32(19-43)53-39)54-33-17-29(45)35(46)31(18-42)52-33/h6-7,9,15,23-24,26-29,31-39,42-43,45-48H,8,10-14,16-19H2,1-5H3/t23?,24?,26?,27?,28?,29-,31-,32-,33+,34?,35-,36-,37-,38-,39?,40?,41?/m1/s1. The smallest absolute Gasteiger partial charge is 0.186 e. The minimum Gasteiger partial charge on any atom is -0.497 e. The number of aliphatic hydroxyl groups is 6. The van der Waals surface area contributed by atoms with Crippen LogP contribution in [0.3, 0.4) is 0 Å². The summed E-state index contributed by atoms with van der Waals surface area (Å²) in [6.07, 6.45) is -3.13. The average Bonchev–Trinajstić information content (AvgIpc) is 3.49. The molecular weight excluding hydrogens is 700 g/mol. The Labute approximate surface area is 317 Å². The summed E-state index contributed by atoms with van der Waals surface area (Å²) in [6.45, 7) is 5.40. The first-order valence-electron chi connectivity index (χ1n) is 19.8. The summed E-state index contributed by atoms with van der Waals surface area (Å²) < 4.78 is 35.2. The SMILES string of the molecule is COc1ccc(OC)c(C2CC3C4CC=C5CC(OC6O[C@H](CO)[C@@H](O[C@H]7C[C@@H](O)[C@@H](O)[C@@H](CO)O7)[C@H](O)[C@H]6O)CCC5(C)C4CCC3(C)C2C(C)=O)c1. The van der Waals surface area contributed by atoms with Crippen LogP contribution in [0.4, 0.5) is 0 Å². The molecule has 13 nitrogen and oxygen atoms in total. The second-order valence-electron chi connectivity index (χ2n) is 17.2. The molecule has 7 rings (SSSR count). The molecule has 5 fully saturated rings. The highest BCUT2D eigenvalue weighted by molar-refractivity contribution is 5.81. The number of carbonyl (C=O) groups excluding carboxylic acids is 1. The monoisotopic (exact) mass is 760 g/mol. The van der Waals surface area contributed by atoms with E-state index < -0.39 is 68.5 Å². The summed E-state index contributed by atoms with van der Waals surface area (Å²) in [5.74, 6) is 2.99. The molecule has 2 heterocycles. The molecule has 0 radical (unpaired) electrons. The van der Waals surface area contributed by atoms with Gasteiger partial charge < -0.3 is 59.1 Å². The van der Waals surface area contributed by atoms with Crippen molar-refractivity contribution in [3.8, 4) is 11.5 Å². The molecule has 2 aliphatic heterocycles. The van der Waals surface area contributed by atoms with Gasteiger partial charge in [-0.2, -0.15) is 0 Å². The molecule has 1 aromatic carbocycles. The summed E-state index contributed by atoms with van der Waals surface area (Å²) in [6, 6.07) is 5.90. The third-order valence-electron chi connectivity index (χ3n) is 14.6. The van der Waals surface area contributed by atoms with Crippen LogP contribution in [0.1, 0.15) is 83.6 Å². The molecule has 17 atom stereocenters. The number of hydrogen-bond donors (Lipinski definition) is 6. The highest BCUT2D eigenvalue weighted by atomic mass is 16.7. The first-order valence-corrected chi connectivity index (χ1v) is 19.8. The largest absolute Gasteiger partial charge is 0.497 e. The van der Waals surface area contributed by atoms with E-state index in [1.54, 1.807) is 21.1 Å². The average molecular weight is 761 g/mol. The molecule has 6 N–H and O–H groups in total. The van der Waals surface area contributed by atoms with Crippen molar-refractivity contribution in [2.24, 2.45) is 34.5 Å². The quantitative estimate of drug-likeness (QED) is 0.191. The molecule has 54 heavy (non-hydrogen) atoms. The zero-order chi connectivity index (χ0) is 38.7. The molecule has 6 aliphatic rings. The fourth-order valence-electron chi connectivity index (χ4n) is 11.8. The van der Waals surface area contributed by atoms with Gasteiger partial charge in [0.15, 0.2) is 12.6 Å². The zero-order valence-corrected chi connectivity index (χ0v) is 32.1. The Hall–Kier alpha value is -2.17. The van der Waals surface area contributed by atoms with Gasteiger partial charge in [0.2, 0.25) is 0 Å². The summed E-state index contributed by atoms with van der Waals surface area (Å²) in [5.41, 5.74) is 2.23. The van der Waals surface area contributed by atoms with Crippen molar-refractivity contribution < 1.29 is 63.9 Å². The lowest BCUT2D eigenvalue weighted by Crippen LogP contribution is -2.62. The van der Waals surface area contributed by atoms with Crippen molar-refractivity contribution >= 4 is 5.78 Å². The van der Waals surface area contributed by atoms with Crippen molar-refractivity contribution in [3.05, 3.63) is 35.4 Å². The van der Waals surface area contributed by atoms with Crippen LogP contribution in [0, 0.1) is 34.5 Å². The number of benzene rings is 1. The third-order valence-corrected chi connectivity index (χ3v) is 14.6. The van der Waals surface area contributed by atoms with Crippen molar-refractivity contribution in [1.29, 1.82) is 0 Å². The minimum absolute atomic E-state index is 0.0374. The van der Waals surface area contributed by atoms with Crippen LogP contribution in [-0.4, -0.2) is 125 Å². The van der Waals surface area contributed by atoms with Gasteiger partial charge in [0.25, 0.3) is 0 Å². The van der Waals surface area contributed by atoms with Crippen molar-refractivity contribution in [2.75, 3.05) is 27.4 Å². The van der Waals surface area contributed by atoms with Crippen LogP contribution in [0.5, 0.6) is 11.5 Å². The number of allylic oxidation sites excluding steroid dienone is 1. The van der Waals surface area contributed by atoms with Crippen LogP contribution in [0.25, 0.3) is 0 Å². The molecular formula is C41H60O13. The highest BCUT2D eigenvalue weighted by Crippen LogP contribution is 2.69. The first-order chi connectivity index (χ1) is 25.8. The number of Topliss-reactive ketones (excluding diaryl/α,β-unsaturated/α-hetero) is 1. The molecule has 0 aromatic heterocycles. The fraction of sp³-hybridized carbons (Fsp3) is 0.780. The third kappa shape index (κ3) is 6.84. The summed E-state index contributed by atoms with van der Waals surface area (Å²) >= 11 is 0. The summed E-state index contributed by atoms with van der Waals surface area (Å²) in [7, 11) is 3.35. The van der Waals surface area contributed by atoms with E-state index in [0.717, 1.165) is 55.6 Å². The number of carbonyl (C=O) groups is 1. The summed E-state index contributed by atoms with van der Waals surface area (Å²) in [4.78, 5) is 13.5. The van der Waals surface area contributed by atoms with Crippen LogP contribution in [-0.2, 0) is 23.7 Å².